The Bertz CT molecular complexity index is 479. The summed E-state index contributed by atoms with van der Waals surface area (Å²) in [6.45, 7) is 8.30. The van der Waals surface area contributed by atoms with Crippen molar-refractivity contribution in [1.29, 1.82) is 5.26 Å². The van der Waals surface area contributed by atoms with Gasteiger partial charge in [-0.2, -0.15) is 10.4 Å². The van der Waals surface area contributed by atoms with Gasteiger partial charge >= 0.3 is 0 Å². The summed E-state index contributed by atoms with van der Waals surface area (Å²) in [6, 6.07) is 2.32. The highest BCUT2D eigenvalue weighted by Gasteiger charge is 2.22. The van der Waals surface area contributed by atoms with Gasteiger partial charge in [0.2, 0.25) is 0 Å². The highest BCUT2D eigenvalue weighted by atomic mass is 15.4. The van der Waals surface area contributed by atoms with Gasteiger partial charge < -0.3 is 10.2 Å². The van der Waals surface area contributed by atoms with Crippen LogP contribution in [0.15, 0.2) is 0 Å². The molecule has 0 aliphatic carbocycles. The molecule has 2 heterocycles. The molecule has 5 nitrogen and oxygen atoms in total. The molecule has 0 spiro atoms. The number of piperidine rings is 1. The molecule has 0 bridgehead atoms. The first-order valence-electron chi connectivity index (χ1n) is 7.56. The number of hydrogen-bond donors (Lipinski definition) is 1. The van der Waals surface area contributed by atoms with Crippen molar-refractivity contribution in [2.24, 2.45) is 13.0 Å². The van der Waals surface area contributed by atoms with Crippen molar-refractivity contribution in [3.05, 3.63) is 11.3 Å². The van der Waals surface area contributed by atoms with E-state index >= 15 is 0 Å². The first-order chi connectivity index (χ1) is 9.67. The van der Waals surface area contributed by atoms with Crippen LogP contribution in [-0.2, 0) is 7.05 Å². The van der Waals surface area contributed by atoms with Crippen LogP contribution < -0.4 is 10.2 Å². The zero-order chi connectivity index (χ0) is 14.5. The number of rotatable bonds is 5. The fourth-order valence-electron chi connectivity index (χ4n) is 3.08. The second kappa shape index (κ2) is 6.76. The molecule has 0 saturated carbocycles. The molecular weight excluding hydrogens is 250 g/mol. The molecule has 0 aromatic carbocycles. The van der Waals surface area contributed by atoms with E-state index in [1.807, 2.05) is 18.7 Å². The lowest BCUT2D eigenvalue weighted by Crippen LogP contribution is -2.39. The second-order valence-electron chi connectivity index (χ2n) is 5.68. The summed E-state index contributed by atoms with van der Waals surface area (Å²) in [5.74, 6) is 1.65. The Morgan fingerprint density at radius 1 is 1.55 bits per heavy atom. The van der Waals surface area contributed by atoms with E-state index in [2.05, 4.69) is 28.3 Å². The van der Waals surface area contributed by atoms with Gasteiger partial charge in [-0.3, -0.25) is 4.68 Å². The van der Waals surface area contributed by atoms with E-state index in [1.165, 1.54) is 12.8 Å². The minimum Gasteiger partial charge on any atom is -0.355 e. The lowest BCUT2D eigenvalue weighted by atomic mass is 9.99. The van der Waals surface area contributed by atoms with Gasteiger partial charge in [0.25, 0.3) is 0 Å². The predicted octanol–water partition coefficient (Wildman–Crippen LogP) is 1.82. The van der Waals surface area contributed by atoms with Crippen molar-refractivity contribution in [1.82, 2.24) is 15.1 Å². The number of aromatic nitrogens is 2. The molecule has 1 saturated heterocycles. The van der Waals surface area contributed by atoms with Crippen LogP contribution in [0.5, 0.6) is 0 Å². The summed E-state index contributed by atoms with van der Waals surface area (Å²) in [5, 5.41) is 17.3. The average molecular weight is 275 g/mol. The molecule has 0 amide bonds. The third-order valence-corrected chi connectivity index (χ3v) is 3.97. The van der Waals surface area contributed by atoms with E-state index in [1.54, 1.807) is 0 Å². The fourth-order valence-corrected chi connectivity index (χ4v) is 3.08. The zero-order valence-corrected chi connectivity index (χ0v) is 12.8. The third-order valence-electron chi connectivity index (χ3n) is 3.97. The number of hydrogen-bond acceptors (Lipinski definition) is 4. The van der Waals surface area contributed by atoms with Gasteiger partial charge in [-0.25, -0.2) is 0 Å². The molecule has 20 heavy (non-hydrogen) atoms. The van der Waals surface area contributed by atoms with E-state index in [4.69, 9.17) is 0 Å². The van der Waals surface area contributed by atoms with Crippen LogP contribution in [0.4, 0.5) is 5.82 Å². The molecule has 1 aliphatic heterocycles. The first kappa shape index (κ1) is 14.9. The normalized spacial score (nSPS) is 18.8. The molecule has 1 N–H and O–H groups in total. The van der Waals surface area contributed by atoms with Gasteiger partial charge in [-0.05, 0) is 45.2 Å². The number of nitriles is 1. The van der Waals surface area contributed by atoms with Gasteiger partial charge in [-0.15, -0.1) is 0 Å². The first-order valence-corrected chi connectivity index (χ1v) is 7.56. The Labute approximate surface area is 121 Å². The highest BCUT2D eigenvalue weighted by Crippen LogP contribution is 2.24. The molecule has 110 valence electrons. The predicted molar refractivity (Wildman–Crippen MR) is 80.8 cm³/mol. The van der Waals surface area contributed by atoms with Crippen LogP contribution in [0.25, 0.3) is 0 Å². The minimum atomic E-state index is 0.664. The number of aryl methyl sites for hydroxylation is 2. The zero-order valence-electron chi connectivity index (χ0n) is 12.8. The maximum atomic E-state index is 9.39. The maximum absolute atomic E-state index is 9.39. The molecule has 1 atom stereocenters. The standard InChI is InChI=1S/C15H25N5/c1-4-8-20(11-13-6-5-7-17-10-13)15-14(9-16)12(2)18-19(15)3/h13,17H,4-8,10-11H2,1-3H3. The van der Waals surface area contributed by atoms with Crippen molar-refractivity contribution in [2.75, 3.05) is 31.1 Å². The molecule has 1 unspecified atom stereocenters. The van der Waals surface area contributed by atoms with Gasteiger partial charge in [0.05, 0.1) is 5.69 Å². The molecule has 5 heteroatoms. The Kier molecular flexibility index (Phi) is 5.02. The van der Waals surface area contributed by atoms with Gasteiger partial charge in [-0.1, -0.05) is 6.92 Å². The van der Waals surface area contributed by atoms with E-state index in [-0.39, 0.29) is 0 Å². The SMILES string of the molecule is CCCN(CC1CCCNC1)c1c(C#N)c(C)nn1C. The molecule has 1 aliphatic rings. The summed E-state index contributed by atoms with van der Waals surface area (Å²) >= 11 is 0. The summed E-state index contributed by atoms with van der Waals surface area (Å²) in [6.07, 6.45) is 3.60. The van der Waals surface area contributed by atoms with Crippen molar-refractivity contribution in [3.8, 4) is 6.07 Å². The monoisotopic (exact) mass is 275 g/mol. The average Bonchev–Trinajstić information content (AvgIpc) is 2.73. The Morgan fingerprint density at radius 2 is 2.35 bits per heavy atom. The summed E-state index contributed by atoms with van der Waals surface area (Å²) in [5.41, 5.74) is 1.55. The number of nitrogens with one attached hydrogen (secondary N) is 1. The molecular formula is C15H25N5. The summed E-state index contributed by atoms with van der Waals surface area (Å²) < 4.78 is 1.86. The van der Waals surface area contributed by atoms with Crippen molar-refractivity contribution in [2.45, 2.75) is 33.1 Å². The Balaban J connectivity index is 2.21. The molecule has 0 radical (unpaired) electrons. The molecule has 1 fully saturated rings. The van der Waals surface area contributed by atoms with Gasteiger partial charge in [0.1, 0.15) is 17.5 Å². The lowest BCUT2D eigenvalue weighted by molar-refractivity contribution is 0.375. The van der Waals surface area contributed by atoms with E-state index in [0.29, 0.717) is 5.92 Å². The van der Waals surface area contributed by atoms with Crippen molar-refractivity contribution < 1.29 is 0 Å². The topological polar surface area (TPSA) is 56.9 Å². The van der Waals surface area contributed by atoms with E-state index in [0.717, 1.165) is 49.7 Å². The van der Waals surface area contributed by atoms with Crippen molar-refractivity contribution in [3.63, 3.8) is 0 Å². The van der Waals surface area contributed by atoms with Crippen LogP contribution in [-0.4, -0.2) is 36.0 Å². The third kappa shape index (κ3) is 3.13. The smallest absolute Gasteiger partial charge is 0.144 e. The Morgan fingerprint density at radius 3 is 2.95 bits per heavy atom. The second-order valence-corrected chi connectivity index (χ2v) is 5.68. The van der Waals surface area contributed by atoms with Crippen LogP contribution >= 0.6 is 0 Å². The van der Waals surface area contributed by atoms with Crippen LogP contribution in [0.1, 0.15) is 37.4 Å². The fraction of sp³-hybridized carbons (Fsp3) is 0.733. The van der Waals surface area contributed by atoms with Crippen LogP contribution in [0, 0.1) is 24.2 Å². The molecule has 2 rings (SSSR count). The van der Waals surface area contributed by atoms with E-state index in [9.17, 15) is 5.26 Å². The van der Waals surface area contributed by atoms with Crippen molar-refractivity contribution >= 4 is 5.82 Å². The highest BCUT2D eigenvalue weighted by molar-refractivity contribution is 5.57. The molecule has 1 aromatic heterocycles. The lowest BCUT2D eigenvalue weighted by Gasteiger charge is -2.31. The quantitative estimate of drug-likeness (QED) is 0.890. The number of nitrogens with zero attached hydrogens (tertiary/aromatic N) is 4. The number of anilines is 1. The van der Waals surface area contributed by atoms with Gasteiger partial charge in [0, 0.05) is 20.1 Å². The van der Waals surface area contributed by atoms with Crippen LogP contribution in [0.2, 0.25) is 0 Å². The summed E-state index contributed by atoms with van der Waals surface area (Å²) in [4.78, 5) is 2.34. The molecule has 1 aromatic rings. The van der Waals surface area contributed by atoms with E-state index < -0.39 is 0 Å². The largest absolute Gasteiger partial charge is 0.355 e. The Hall–Kier alpha value is -1.54. The van der Waals surface area contributed by atoms with Gasteiger partial charge in [0.15, 0.2) is 0 Å². The minimum absolute atomic E-state index is 0.664. The van der Waals surface area contributed by atoms with Crippen LogP contribution in [0.3, 0.4) is 0 Å². The maximum Gasteiger partial charge on any atom is 0.144 e. The summed E-state index contributed by atoms with van der Waals surface area (Å²) in [7, 11) is 1.94.